The number of aromatic nitrogens is 1. The molecule has 1 aromatic carbocycles. The van der Waals surface area contributed by atoms with Crippen LogP contribution in [0.2, 0.25) is 0 Å². The van der Waals surface area contributed by atoms with Crippen molar-refractivity contribution in [1.82, 2.24) is 14.8 Å². The molecule has 3 aromatic rings. The fourth-order valence-electron chi connectivity index (χ4n) is 7.11. The number of carbonyl (C=O) groups is 2. The lowest BCUT2D eigenvalue weighted by Crippen LogP contribution is -2.71. The summed E-state index contributed by atoms with van der Waals surface area (Å²) in [4.78, 5) is 34.7. The molecule has 234 valence electrons. The summed E-state index contributed by atoms with van der Waals surface area (Å²) in [7, 11) is 0. The third-order valence-corrected chi connectivity index (χ3v) is 10.1. The number of halogens is 6. The number of carbonyl (C=O) groups excluding carboxylic acids is 2. The van der Waals surface area contributed by atoms with Gasteiger partial charge < -0.3 is 14.5 Å². The van der Waals surface area contributed by atoms with Crippen molar-refractivity contribution in [2.75, 3.05) is 13.1 Å². The zero-order valence-electron chi connectivity index (χ0n) is 23.7. The van der Waals surface area contributed by atoms with E-state index >= 15 is 0 Å². The van der Waals surface area contributed by atoms with E-state index in [0.29, 0.717) is 30.7 Å². The highest BCUT2D eigenvalue weighted by atomic mass is 32.1. The van der Waals surface area contributed by atoms with Gasteiger partial charge in [-0.15, -0.1) is 11.3 Å². The second-order valence-corrected chi connectivity index (χ2v) is 12.4. The monoisotopic (exact) mass is 637 g/mol. The predicted octanol–water partition coefficient (Wildman–Crippen LogP) is 6.99. The van der Waals surface area contributed by atoms with Gasteiger partial charge in [-0.1, -0.05) is 37.6 Å². The summed E-state index contributed by atoms with van der Waals surface area (Å²) in [6, 6.07) is 9.20. The molecule has 0 radical (unpaired) electrons. The van der Waals surface area contributed by atoms with Crippen LogP contribution < -0.4 is 4.74 Å². The van der Waals surface area contributed by atoms with Crippen molar-refractivity contribution in [2.45, 2.75) is 69.1 Å². The number of nitrogens with zero attached hydrogens (tertiary/aromatic N) is 3. The Morgan fingerprint density at radius 1 is 1.07 bits per heavy atom. The Morgan fingerprint density at radius 3 is 2.48 bits per heavy atom. The van der Waals surface area contributed by atoms with E-state index in [4.69, 9.17) is 4.74 Å². The fourth-order valence-corrected chi connectivity index (χ4v) is 7.78. The molecule has 2 aliphatic heterocycles. The summed E-state index contributed by atoms with van der Waals surface area (Å²) < 4.78 is 89.1. The first-order valence-electron chi connectivity index (χ1n) is 14.4. The van der Waals surface area contributed by atoms with E-state index in [2.05, 4.69) is 4.98 Å². The van der Waals surface area contributed by atoms with Crippen molar-refractivity contribution >= 4 is 23.2 Å². The van der Waals surface area contributed by atoms with Crippen LogP contribution in [0.1, 0.15) is 64.5 Å². The third-order valence-electron chi connectivity index (χ3n) is 9.17. The maximum absolute atomic E-state index is 14.8. The van der Waals surface area contributed by atoms with E-state index in [9.17, 15) is 35.9 Å². The Hall–Kier alpha value is -3.61. The fraction of sp³-hybridized carbons (Fsp3) is 0.452. The Kier molecular flexibility index (Phi) is 7.45. The van der Waals surface area contributed by atoms with Gasteiger partial charge in [0, 0.05) is 49.9 Å². The molecular weight excluding hydrogens is 608 g/mol. The van der Waals surface area contributed by atoms with E-state index in [-0.39, 0.29) is 44.0 Å². The van der Waals surface area contributed by atoms with E-state index in [1.165, 1.54) is 10.3 Å². The first kappa shape index (κ1) is 30.4. The Balaban J connectivity index is 1.46. The Bertz CT molecular complexity index is 1590. The molecule has 1 saturated carbocycles. The lowest BCUT2D eigenvalue weighted by molar-refractivity contribution is -0.163. The van der Waals surface area contributed by atoms with Gasteiger partial charge in [0.2, 0.25) is 5.60 Å². The predicted molar refractivity (Wildman–Crippen MR) is 149 cm³/mol. The Labute approximate surface area is 253 Å². The summed E-state index contributed by atoms with van der Waals surface area (Å²) in [5, 5.41) is 1.18. The van der Waals surface area contributed by atoms with Crippen LogP contribution in [0.3, 0.4) is 0 Å². The topological polar surface area (TPSA) is 62.7 Å². The molecule has 6 rings (SSSR count). The highest BCUT2D eigenvalue weighted by Crippen LogP contribution is 2.62. The minimum atomic E-state index is -4.83. The summed E-state index contributed by atoms with van der Waals surface area (Å²) in [6.45, 7) is 2.46. The average Bonchev–Trinajstić information content (AvgIpc) is 3.52. The molecule has 1 spiro atoms. The number of hydrogen-bond acceptors (Lipinski definition) is 5. The molecule has 13 heteroatoms. The first-order chi connectivity index (χ1) is 20.8. The molecule has 1 aliphatic carbocycles. The molecule has 0 N–H and O–H groups in total. The van der Waals surface area contributed by atoms with E-state index in [1.807, 2.05) is 31.2 Å². The minimum Gasteiger partial charge on any atom is -0.474 e. The summed E-state index contributed by atoms with van der Waals surface area (Å²) in [6.07, 6.45) is -6.09. The quantitative estimate of drug-likeness (QED) is 0.283. The van der Waals surface area contributed by atoms with Gasteiger partial charge in [-0.2, -0.15) is 26.3 Å². The number of rotatable bonds is 5. The molecule has 0 bridgehead atoms. The highest BCUT2D eigenvalue weighted by molar-refractivity contribution is 7.10. The van der Waals surface area contributed by atoms with Gasteiger partial charge in [0.1, 0.15) is 10.6 Å². The van der Waals surface area contributed by atoms with Crippen molar-refractivity contribution in [3.8, 4) is 5.75 Å². The van der Waals surface area contributed by atoms with Crippen LogP contribution in [-0.4, -0.2) is 50.8 Å². The molecule has 3 aliphatic rings. The van der Waals surface area contributed by atoms with Gasteiger partial charge in [-0.05, 0) is 42.4 Å². The number of hydrogen-bond donors (Lipinski definition) is 0. The van der Waals surface area contributed by atoms with E-state index < -0.39 is 51.3 Å². The minimum absolute atomic E-state index is 0.0557. The van der Waals surface area contributed by atoms with Gasteiger partial charge >= 0.3 is 12.4 Å². The van der Waals surface area contributed by atoms with Crippen molar-refractivity contribution in [2.24, 2.45) is 5.92 Å². The molecule has 0 unspecified atom stereocenters. The van der Waals surface area contributed by atoms with Gasteiger partial charge in [0.05, 0.1) is 16.7 Å². The van der Waals surface area contributed by atoms with E-state index in [0.717, 1.165) is 35.7 Å². The molecule has 2 fully saturated rings. The third kappa shape index (κ3) is 4.93. The summed E-state index contributed by atoms with van der Waals surface area (Å²) >= 11 is 0.429. The lowest BCUT2D eigenvalue weighted by atomic mass is 9.77. The van der Waals surface area contributed by atoms with Gasteiger partial charge in [0.15, 0.2) is 0 Å². The SMILES string of the molecule is CC[C@@H]1C[C@]12N(C(=O)c1cnccc1C(F)(F)F)CCC[C@@]2(Oc1csc(C(F)(F)F)c1)C(=O)N1CCc2ccccc2C1. The Morgan fingerprint density at radius 2 is 1.82 bits per heavy atom. The van der Waals surface area contributed by atoms with Gasteiger partial charge in [-0.3, -0.25) is 14.6 Å². The number of amides is 2. The molecular formula is C31H29F6N3O3S. The molecule has 4 heterocycles. The number of benzene rings is 1. The van der Waals surface area contributed by atoms with Crippen LogP contribution in [0, 0.1) is 5.92 Å². The van der Waals surface area contributed by atoms with Crippen LogP contribution in [0.25, 0.3) is 0 Å². The standard InChI is InChI=1S/C31H29F6N3O3S/c1-2-21-15-28(21)29(43-22-14-25(44-18-22)31(35,36)37,27(42)39-13-9-19-6-3-4-7-20(19)17-39)10-5-12-40(28)26(41)23-16-38-11-8-24(23)30(32,33)34/h3-4,6-8,11,14,16,18,21H,2,5,9-10,12-13,15,17H2,1H3/t21-,28+,29-/m1/s1. The van der Waals surface area contributed by atoms with Crippen molar-refractivity contribution in [3.63, 3.8) is 0 Å². The number of fused-ring (bicyclic) bond motifs is 1. The number of likely N-dealkylation sites (tertiary alicyclic amines) is 1. The zero-order chi connectivity index (χ0) is 31.5. The summed E-state index contributed by atoms with van der Waals surface area (Å²) in [5.74, 6) is -1.92. The van der Waals surface area contributed by atoms with Crippen LogP contribution in [0.4, 0.5) is 26.3 Å². The van der Waals surface area contributed by atoms with Gasteiger partial charge in [0.25, 0.3) is 11.8 Å². The zero-order valence-corrected chi connectivity index (χ0v) is 24.5. The normalized spacial score (nSPS) is 25.1. The van der Waals surface area contributed by atoms with Crippen LogP contribution >= 0.6 is 11.3 Å². The number of thiophene rings is 1. The molecule has 44 heavy (non-hydrogen) atoms. The van der Waals surface area contributed by atoms with E-state index in [1.54, 1.807) is 4.90 Å². The lowest BCUT2D eigenvalue weighted by Gasteiger charge is -2.52. The second-order valence-electron chi connectivity index (χ2n) is 11.5. The molecule has 2 aromatic heterocycles. The highest BCUT2D eigenvalue weighted by Gasteiger charge is 2.76. The number of pyridine rings is 1. The molecule has 3 atom stereocenters. The number of ether oxygens (including phenoxy) is 1. The van der Waals surface area contributed by atoms with Crippen LogP contribution in [-0.2, 0) is 30.1 Å². The smallest absolute Gasteiger partial charge is 0.425 e. The van der Waals surface area contributed by atoms with Crippen molar-refractivity contribution in [3.05, 3.63) is 81.3 Å². The second kappa shape index (κ2) is 10.8. The maximum Gasteiger partial charge on any atom is 0.425 e. The number of piperidine rings is 1. The van der Waals surface area contributed by atoms with Crippen LogP contribution in [0.5, 0.6) is 5.75 Å². The molecule has 2 amide bonds. The largest absolute Gasteiger partial charge is 0.474 e. The average molecular weight is 638 g/mol. The number of alkyl halides is 6. The van der Waals surface area contributed by atoms with Gasteiger partial charge in [-0.25, -0.2) is 0 Å². The molecule has 1 saturated heterocycles. The maximum atomic E-state index is 14.8. The molecule has 6 nitrogen and oxygen atoms in total. The van der Waals surface area contributed by atoms with Crippen molar-refractivity contribution < 1.29 is 40.7 Å². The summed E-state index contributed by atoms with van der Waals surface area (Å²) in [5.41, 5.74) is -2.99. The first-order valence-corrected chi connectivity index (χ1v) is 15.2. The van der Waals surface area contributed by atoms with Crippen LogP contribution in [0.15, 0.2) is 54.2 Å². The van der Waals surface area contributed by atoms with Crippen molar-refractivity contribution in [1.29, 1.82) is 0 Å².